The van der Waals surface area contributed by atoms with Gasteiger partial charge in [-0.1, -0.05) is 30.3 Å². The van der Waals surface area contributed by atoms with Gasteiger partial charge in [-0.15, -0.1) is 0 Å². The van der Waals surface area contributed by atoms with Crippen LogP contribution in [-0.2, 0) is 0 Å². The van der Waals surface area contributed by atoms with Crippen molar-refractivity contribution in [1.82, 2.24) is 14.9 Å². The molecule has 0 spiro atoms. The highest BCUT2D eigenvalue weighted by molar-refractivity contribution is 7.71. The molecule has 0 saturated heterocycles. The largest absolute Gasteiger partial charge is 0.496 e. The molecule has 3 rings (SSSR count). The van der Waals surface area contributed by atoms with Gasteiger partial charge in [0.2, 0.25) is 4.77 Å². The third-order valence-corrected chi connectivity index (χ3v) is 4.07. The van der Waals surface area contributed by atoms with Crippen molar-refractivity contribution >= 4 is 18.4 Å². The van der Waals surface area contributed by atoms with E-state index in [-0.39, 0.29) is 0 Å². The first-order chi connectivity index (χ1) is 12.2. The molecule has 2 aromatic carbocycles. The Labute approximate surface area is 150 Å². The molecule has 128 valence electrons. The number of methoxy groups -OCH3 is 2. The fourth-order valence-corrected chi connectivity index (χ4v) is 2.76. The molecule has 1 N–H and O–H groups in total. The van der Waals surface area contributed by atoms with E-state index in [4.69, 9.17) is 21.7 Å². The van der Waals surface area contributed by atoms with Gasteiger partial charge in [-0.05, 0) is 31.3 Å². The minimum atomic E-state index is 0.416. The molecule has 0 aliphatic heterocycles. The number of hydrogen-bond donors (Lipinski definition) is 1. The Kier molecular flexibility index (Phi) is 4.95. The second-order valence-corrected chi connectivity index (χ2v) is 5.68. The summed E-state index contributed by atoms with van der Waals surface area (Å²) in [6.07, 6.45) is 1.70. The lowest BCUT2D eigenvalue weighted by Gasteiger charge is -2.12. The normalized spacial score (nSPS) is 11.0. The first kappa shape index (κ1) is 16.9. The van der Waals surface area contributed by atoms with E-state index in [9.17, 15) is 0 Å². The van der Waals surface area contributed by atoms with E-state index in [1.54, 1.807) is 25.1 Å². The van der Waals surface area contributed by atoms with Gasteiger partial charge in [0.1, 0.15) is 11.5 Å². The van der Waals surface area contributed by atoms with Crippen molar-refractivity contribution in [3.8, 4) is 22.9 Å². The zero-order valence-electron chi connectivity index (χ0n) is 14.2. The van der Waals surface area contributed by atoms with E-state index in [1.165, 1.54) is 0 Å². The van der Waals surface area contributed by atoms with E-state index in [1.807, 2.05) is 49.4 Å². The molecule has 0 radical (unpaired) electrons. The van der Waals surface area contributed by atoms with E-state index in [0.717, 1.165) is 22.4 Å². The Balaban J connectivity index is 2.03. The Morgan fingerprint density at radius 2 is 1.88 bits per heavy atom. The zero-order chi connectivity index (χ0) is 17.8. The predicted molar refractivity (Wildman–Crippen MR) is 100 cm³/mol. The second-order valence-electron chi connectivity index (χ2n) is 5.29. The number of aromatic nitrogens is 3. The van der Waals surface area contributed by atoms with Gasteiger partial charge in [0.15, 0.2) is 5.82 Å². The molecule has 0 saturated carbocycles. The zero-order valence-corrected chi connectivity index (χ0v) is 15.0. The monoisotopic (exact) mass is 354 g/mol. The Morgan fingerprint density at radius 3 is 2.56 bits per heavy atom. The van der Waals surface area contributed by atoms with E-state index in [0.29, 0.717) is 16.3 Å². The number of nitrogens with zero attached hydrogens (tertiary/aromatic N) is 3. The van der Waals surface area contributed by atoms with Crippen LogP contribution in [0.5, 0.6) is 11.5 Å². The maximum absolute atomic E-state index is 5.50. The first-order valence-corrected chi connectivity index (χ1v) is 8.05. The summed E-state index contributed by atoms with van der Waals surface area (Å²) in [7, 11) is 3.25. The quantitative estimate of drug-likeness (QED) is 0.559. The average molecular weight is 354 g/mol. The van der Waals surface area contributed by atoms with Gasteiger partial charge in [0.25, 0.3) is 0 Å². The van der Waals surface area contributed by atoms with Crippen molar-refractivity contribution in [1.29, 1.82) is 0 Å². The number of nitrogens with one attached hydrogen (secondary N) is 1. The minimum Gasteiger partial charge on any atom is -0.496 e. The highest BCUT2D eigenvalue weighted by atomic mass is 32.1. The predicted octanol–water partition coefficient (Wildman–Crippen LogP) is 3.82. The summed E-state index contributed by atoms with van der Waals surface area (Å²) in [6.45, 7) is 1.94. The number of aromatic amines is 1. The van der Waals surface area contributed by atoms with Crippen LogP contribution in [-0.4, -0.2) is 35.3 Å². The van der Waals surface area contributed by atoms with Crippen LogP contribution in [0.3, 0.4) is 0 Å². The smallest absolute Gasteiger partial charge is 0.216 e. The molecule has 0 fully saturated rings. The molecule has 1 aromatic heterocycles. The van der Waals surface area contributed by atoms with Gasteiger partial charge in [-0.3, -0.25) is 0 Å². The summed E-state index contributed by atoms with van der Waals surface area (Å²) in [6, 6.07) is 13.5. The van der Waals surface area contributed by atoms with Crippen molar-refractivity contribution in [3.63, 3.8) is 0 Å². The van der Waals surface area contributed by atoms with Crippen LogP contribution in [0.25, 0.3) is 11.4 Å². The summed E-state index contributed by atoms with van der Waals surface area (Å²) >= 11 is 5.29. The lowest BCUT2D eigenvalue weighted by atomic mass is 10.1. The number of benzene rings is 2. The van der Waals surface area contributed by atoms with Crippen LogP contribution >= 0.6 is 12.2 Å². The van der Waals surface area contributed by atoms with Gasteiger partial charge < -0.3 is 9.47 Å². The van der Waals surface area contributed by atoms with Crippen molar-refractivity contribution in [2.24, 2.45) is 5.10 Å². The molecule has 0 unspecified atom stereocenters. The Hall–Kier alpha value is -2.93. The van der Waals surface area contributed by atoms with Crippen molar-refractivity contribution in [3.05, 3.63) is 58.4 Å². The molecule has 0 amide bonds. The molecule has 1 heterocycles. The summed E-state index contributed by atoms with van der Waals surface area (Å²) in [5.74, 6) is 2.12. The lowest BCUT2D eigenvalue weighted by Crippen LogP contribution is -1.99. The molecular formula is C18H18N4O2S. The Bertz CT molecular complexity index is 961. The van der Waals surface area contributed by atoms with Crippen LogP contribution in [0.15, 0.2) is 47.6 Å². The molecule has 7 heteroatoms. The molecule has 6 nitrogen and oxygen atoms in total. The number of ether oxygens (including phenoxy) is 2. The van der Waals surface area contributed by atoms with Gasteiger partial charge in [0, 0.05) is 16.7 Å². The van der Waals surface area contributed by atoms with Gasteiger partial charge >= 0.3 is 0 Å². The molecule has 0 atom stereocenters. The molecule has 25 heavy (non-hydrogen) atoms. The van der Waals surface area contributed by atoms with Crippen LogP contribution in [0.4, 0.5) is 0 Å². The molecular weight excluding hydrogens is 336 g/mol. The number of rotatable bonds is 5. The summed E-state index contributed by atoms with van der Waals surface area (Å²) in [5.41, 5.74) is 2.65. The molecule has 0 aliphatic carbocycles. The minimum absolute atomic E-state index is 0.416. The lowest BCUT2D eigenvalue weighted by molar-refractivity contribution is 0.388. The number of H-pyrrole nitrogens is 1. The fourth-order valence-electron chi connectivity index (χ4n) is 2.58. The topological polar surface area (TPSA) is 64.4 Å². The highest BCUT2D eigenvalue weighted by Crippen LogP contribution is 2.30. The SMILES string of the molecule is COc1ccc(/C=N\n2c(-c3ccccc3)n[nH]c2=S)c(OC)c1C. The standard InChI is InChI=1S/C18H18N4O2S/c1-12-15(23-2)10-9-14(16(12)24-3)11-19-22-17(20-21-18(22)25)13-7-5-4-6-8-13/h4-11H,1-3H3,(H,21,25)/b19-11-. The van der Waals surface area contributed by atoms with E-state index in [2.05, 4.69) is 15.3 Å². The van der Waals surface area contributed by atoms with Crippen LogP contribution in [0.1, 0.15) is 11.1 Å². The van der Waals surface area contributed by atoms with Crippen molar-refractivity contribution in [2.45, 2.75) is 6.92 Å². The van der Waals surface area contributed by atoms with Crippen molar-refractivity contribution in [2.75, 3.05) is 14.2 Å². The summed E-state index contributed by atoms with van der Waals surface area (Å²) in [4.78, 5) is 0. The van der Waals surface area contributed by atoms with Gasteiger partial charge in [0.05, 0.1) is 20.4 Å². The highest BCUT2D eigenvalue weighted by Gasteiger charge is 2.11. The Morgan fingerprint density at radius 1 is 1.12 bits per heavy atom. The summed E-state index contributed by atoms with van der Waals surface area (Å²) in [5, 5.41) is 11.5. The average Bonchev–Trinajstić information content (AvgIpc) is 3.01. The third-order valence-electron chi connectivity index (χ3n) is 3.81. The van der Waals surface area contributed by atoms with Crippen LogP contribution < -0.4 is 9.47 Å². The summed E-state index contributed by atoms with van der Waals surface area (Å²) < 4.78 is 12.8. The fraction of sp³-hybridized carbons (Fsp3) is 0.167. The van der Waals surface area contributed by atoms with Crippen LogP contribution in [0, 0.1) is 11.7 Å². The van der Waals surface area contributed by atoms with E-state index >= 15 is 0 Å². The van der Waals surface area contributed by atoms with Gasteiger partial charge in [-0.25, -0.2) is 5.10 Å². The first-order valence-electron chi connectivity index (χ1n) is 7.64. The third kappa shape index (κ3) is 3.32. The maximum Gasteiger partial charge on any atom is 0.216 e. The molecule has 3 aromatic rings. The second kappa shape index (κ2) is 7.31. The molecule has 0 bridgehead atoms. The maximum atomic E-state index is 5.50. The number of hydrogen-bond acceptors (Lipinski definition) is 5. The van der Waals surface area contributed by atoms with Gasteiger partial charge in [-0.2, -0.15) is 14.9 Å². The van der Waals surface area contributed by atoms with E-state index < -0.39 is 0 Å². The van der Waals surface area contributed by atoms with Crippen LogP contribution in [0.2, 0.25) is 0 Å². The van der Waals surface area contributed by atoms with Crippen molar-refractivity contribution < 1.29 is 9.47 Å². The molecule has 0 aliphatic rings.